The summed E-state index contributed by atoms with van der Waals surface area (Å²) < 4.78 is 4.54. The van der Waals surface area contributed by atoms with Crippen LogP contribution in [0.1, 0.15) is 11.6 Å². The van der Waals surface area contributed by atoms with Gasteiger partial charge in [-0.1, -0.05) is 36.3 Å². The maximum atomic E-state index is 11.2. The van der Waals surface area contributed by atoms with E-state index >= 15 is 0 Å². The average molecular weight is 233 g/mol. The summed E-state index contributed by atoms with van der Waals surface area (Å²) in [5.41, 5.74) is 0.456. The Balaban J connectivity index is 2.72. The molecule has 0 aliphatic rings. The highest BCUT2D eigenvalue weighted by atomic mass is 16.5. The number of benzene rings is 1. The molecular formula is C12H11NO4. The molecule has 17 heavy (non-hydrogen) atoms. The number of hydrogen-bond acceptors (Lipinski definition) is 3. The van der Waals surface area contributed by atoms with E-state index in [1.54, 1.807) is 30.3 Å². The lowest BCUT2D eigenvalue weighted by Gasteiger charge is -2.14. The fourth-order valence-corrected chi connectivity index (χ4v) is 1.20. The topological polar surface area (TPSA) is 75.6 Å². The Morgan fingerprint density at radius 3 is 2.59 bits per heavy atom. The number of rotatable bonds is 4. The summed E-state index contributed by atoms with van der Waals surface area (Å²) in [5, 5.41) is 11.2. The predicted octanol–water partition coefficient (Wildman–Crippen LogP) is 1.17. The molecular weight excluding hydrogens is 222 g/mol. The van der Waals surface area contributed by atoms with Gasteiger partial charge in [0.1, 0.15) is 0 Å². The third-order valence-corrected chi connectivity index (χ3v) is 1.93. The van der Waals surface area contributed by atoms with Crippen LogP contribution in [-0.2, 0) is 9.53 Å². The molecule has 0 aliphatic heterocycles. The number of terminal acetylenes is 1. The Bertz CT molecular complexity index is 436. The van der Waals surface area contributed by atoms with Gasteiger partial charge in [0.25, 0.3) is 0 Å². The van der Waals surface area contributed by atoms with Gasteiger partial charge < -0.3 is 15.2 Å². The summed E-state index contributed by atoms with van der Waals surface area (Å²) in [7, 11) is 0. The van der Waals surface area contributed by atoms with Gasteiger partial charge in [-0.2, -0.15) is 0 Å². The number of alkyl carbamates (subject to hydrolysis) is 1. The number of carbonyl (C=O) groups excluding carboxylic acids is 1. The van der Waals surface area contributed by atoms with Crippen molar-refractivity contribution in [2.24, 2.45) is 0 Å². The summed E-state index contributed by atoms with van der Waals surface area (Å²) in [6.45, 7) is -0.201. The highest BCUT2D eigenvalue weighted by Crippen LogP contribution is 2.12. The Hall–Kier alpha value is -2.48. The smallest absolute Gasteiger partial charge is 0.409 e. The van der Waals surface area contributed by atoms with Gasteiger partial charge in [0.05, 0.1) is 0 Å². The van der Waals surface area contributed by atoms with Crippen LogP contribution in [0, 0.1) is 12.3 Å². The molecule has 0 saturated carbocycles. The lowest BCUT2D eigenvalue weighted by atomic mass is 10.1. The van der Waals surface area contributed by atoms with Gasteiger partial charge >= 0.3 is 12.1 Å². The fourth-order valence-electron chi connectivity index (χ4n) is 1.20. The van der Waals surface area contributed by atoms with Gasteiger partial charge in [-0.15, -0.1) is 6.42 Å². The molecule has 0 saturated heterocycles. The predicted molar refractivity (Wildman–Crippen MR) is 60.1 cm³/mol. The normalized spacial score (nSPS) is 11.0. The number of hydrogen-bond donors (Lipinski definition) is 2. The fraction of sp³-hybridized carbons (Fsp3) is 0.167. The number of amides is 1. The molecule has 88 valence electrons. The van der Waals surface area contributed by atoms with Crippen LogP contribution < -0.4 is 5.32 Å². The monoisotopic (exact) mass is 233 g/mol. The standard InChI is InChI=1S/C12H11NO4/c1-2-8-17-12(16)13-10(11(14)15)9-6-4-3-5-7-9/h1,3-7,10H,8H2,(H,13,16)(H,14,15)/t10-/m0/s1. The summed E-state index contributed by atoms with van der Waals surface area (Å²) >= 11 is 0. The zero-order chi connectivity index (χ0) is 12.7. The second-order valence-electron chi connectivity index (χ2n) is 3.11. The molecule has 0 heterocycles. The summed E-state index contributed by atoms with van der Waals surface area (Å²) in [6.07, 6.45) is 4.05. The van der Waals surface area contributed by atoms with E-state index in [-0.39, 0.29) is 6.61 Å². The number of aliphatic carboxylic acids is 1. The molecule has 1 atom stereocenters. The minimum Gasteiger partial charge on any atom is -0.479 e. The van der Waals surface area contributed by atoms with E-state index < -0.39 is 18.1 Å². The first-order chi connectivity index (χ1) is 8.15. The van der Waals surface area contributed by atoms with E-state index in [9.17, 15) is 9.59 Å². The molecule has 0 aliphatic carbocycles. The van der Waals surface area contributed by atoms with Crippen molar-refractivity contribution in [3.05, 3.63) is 35.9 Å². The van der Waals surface area contributed by atoms with E-state index in [2.05, 4.69) is 16.0 Å². The third-order valence-electron chi connectivity index (χ3n) is 1.93. The molecule has 0 spiro atoms. The molecule has 0 unspecified atom stereocenters. The Morgan fingerprint density at radius 2 is 2.06 bits per heavy atom. The minimum atomic E-state index is -1.17. The quantitative estimate of drug-likeness (QED) is 0.765. The van der Waals surface area contributed by atoms with Crippen molar-refractivity contribution in [2.45, 2.75) is 6.04 Å². The van der Waals surface area contributed by atoms with Crippen molar-refractivity contribution in [1.29, 1.82) is 0 Å². The summed E-state index contributed by atoms with van der Waals surface area (Å²) in [5.74, 6) is 0.938. The maximum Gasteiger partial charge on any atom is 0.409 e. The van der Waals surface area contributed by atoms with Crippen molar-refractivity contribution in [1.82, 2.24) is 5.32 Å². The van der Waals surface area contributed by atoms with Gasteiger partial charge in [0, 0.05) is 0 Å². The van der Waals surface area contributed by atoms with Gasteiger partial charge in [0.2, 0.25) is 0 Å². The second kappa shape index (κ2) is 6.18. The molecule has 2 N–H and O–H groups in total. The molecule has 0 bridgehead atoms. The van der Waals surface area contributed by atoms with Crippen LogP contribution in [0.3, 0.4) is 0 Å². The first-order valence-corrected chi connectivity index (χ1v) is 4.79. The first kappa shape index (κ1) is 12.6. The van der Waals surface area contributed by atoms with Gasteiger partial charge in [-0.25, -0.2) is 9.59 Å². The summed E-state index contributed by atoms with van der Waals surface area (Å²) in [4.78, 5) is 22.2. The van der Waals surface area contributed by atoms with Crippen LogP contribution in [0.4, 0.5) is 4.79 Å². The zero-order valence-electron chi connectivity index (χ0n) is 8.92. The third kappa shape index (κ3) is 3.87. The lowest BCUT2D eigenvalue weighted by molar-refractivity contribution is -0.139. The molecule has 0 radical (unpaired) electrons. The number of carboxylic acid groups (broad SMARTS) is 1. The van der Waals surface area contributed by atoms with Crippen LogP contribution in [0.5, 0.6) is 0 Å². The maximum absolute atomic E-state index is 11.2. The van der Waals surface area contributed by atoms with Gasteiger partial charge in [-0.3, -0.25) is 0 Å². The molecule has 5 heteroatoms. The number of carbonyl (C=O) groups is 2. The Morgan fingerprint density at radius 1 is 1.41 bits per heavy atom. The zero-order valence-corrected chi connectivity index (χ0v) is 8.92. The van der Waals surface area contributed by atoms with Gasteiger partial charge in [-0.05, 0) is 5.56 Å². The minimum absolute atomic E-state index is 0.201. The Kier molecular flexibility index (Phi) is 4.58. The molecule has 1 aromatic carbocycles. The van der Waals surface area contributed by atoms with Crippen molar-refractivity contribution < 1.29 is 19.4 Å². The van der Waals surface area contributed by atoms with Crippen LogP contribution in [0.2, 0.25) is 0 Å². The SMILES string of the molecule is C#CCOC(=O)N[C@H](C(=O)O)c1ccccc1. The largest absolute Gasteiger partial charge is 0.479 e. The van der Waals surface area contributed by atoms with Crippen molar-refractivity contribution in [3.8, 4) is 12.3 Å². The van der Waals surface area contributed by atoms with Crippen molar-refractivity contribution in [3.63, 3.8) is 0 Å². The van der Waals surface area contributed by atoms with Crippen LogP contribution in [0.15, 0.2) is 30.3 Å². The van der Waals surface area contributed by atoms with Crippen LogP contribution >= 0.6 is 0 Å². The first-order valence-electron chi connectivity index (χ1n) is 4.79. The molecule has 5 nitrogen and oxygen atoms in total. The molecule has 1 aromatic rings. The number of nitrogens with one attached hydrogen (secondary N) is 1. The highest BCUT2D eigenvalue weighted by Gasteiger charge is 2.22. The van der Waals surface area contributed by atoms with Gasteiger partial charge in [0.15, 0.2) is 12.6 Å². The number of ether oxygens (including phenoxy) is 1. The van der Waals surface area contributed by atoms with E-state index in [0.29, 0.717) is 5.56 Å². The van der Waals surface area contributed by atoms with E-state index in [1.165, 1.54) is 0 Å². The van der Waals surface area contributed by atoms with E-state index in [4.69, 9.17) is 11.5 Å². The number of carboxylic acids is 1. The molecule has 1 rings (SSSR count). The average Bonchev–Trinajstić information content (AvgIpc) is 2.34. The highest BCUT2D eigenvalue weighted by molar-refractivity contribution is 5.81. The second-order valence-corrected chi connectivity index (χ2v) is 3.11. The molecule has 0 fully saturated rings. The van der Waals surface area contributed by atoms with E-state index in [1.807, 2.05) is 0 Å². The van der Waals surface area contributed by atoms with E-state index in [0.717, 1.165) is 0 Å². The van der Waals surface area contributed by atoms with Crippen molar-refractivity contribution >= 4 is 12.1 Å². The van der Waals surface area contributed by atoms with Crippen LogP contribution in [0.25, 0.3) is 0 Å². The molecule has 0 aromatic heterocycles. The lowest BCUT2D eigenvalue weighted by Crippen LogP contribution is -2.34. The van der Waals surface area contributed by atoms with Crippen molar-refractivity contribution in [2.75, 3.05) is 6.61 Å². The van der Waals surface area contributed by atoms with Crippen LogP contribution in [-0.4, -0.2) is 23.8 Å². The molecule has 1 amide bonds. The Labute approximate surface area is 98.4 Å². The summed E-state index contributed by atoms with van der Waals surface area (Å²) in [6, 6.07) is 7.15.